The number of rotatable bonds is 11. The van der Waals surface area contributed by atoms with Crippen LogP contribution in [-0.2, 0) is 23.2 Å². The number of hydrogen-bond acceptors (Lipinski definition) is 4. The molecule has 0 unspecified atom stereocenters. The van der Waals surface area contributed by atoms with Crippen LogP contribution < -0.4 is 15.4 Å². The Morgan fingerprint density at radius 3 is 2.29 bits per heavy atom. The highest BCUT2D eigenvalue weighted by Crippen LogP contribution is 2.46. The first-order valence-corrected chi connectivity index (χ1v) is 13.0. The standard InChI is InChI=1S/C31H36F2N2O3/c1-30(2,3)38-26-11-7-10-23(18-26)31(12-13-31)34-20-28(36)27(16-22-14-24(32)19-25(33)15-22)35-29(37)17-21-8-5-4-6-9-21/h4-11,14-15,18-19,27-28,34,36H,12-13,16-17,20H2,1-3H3,(H,35,37)/t27-,28-/m0/s1. The van der Waals surface area contributed by atoms with Gasteiger partial charge in [-0.25, -0.2) is 8.78 Å². The quantitative estimate of drug-likeness (QED) is 0.330. The van der Waals surface area contributed by atoms with Crippen molar-refractivity contribution in [2.45, 2.75) is 69.7 Å². The van der Waals surface area contributed by atoms with E-state index < -0.39 is 23.8 Å². The summed E-state index contributed by atoms with van der Waals surface area (Å²) in [6.07, 6.45) is 1.03. The molecule has 0 aliphatic heterocycles. The maximum Gasteiger partial charge on any atom is 0.224 e. The monoisotopic (exact) mass is 522 g/mol. The molecular weight excluding hydrogens is 486 g/mol. The minimum Gasteiger partial charge on any atom is -0.488 e. The van der Waals surface area contributed by atoms with Crippen molar-refractivity contribution in [1.82, 2.24) is 10.6 Å². The van der Waals surface area contributed by atoms with E-state index in [1.54, 1.807) is 0 Å². The molecule has 5 nitrogen and oxygen atoms in total. The molecule has 0 aromatic heterocycles. The molecule has 3 N–H and O–H groups in total. The van der Waals surface area contributed by atoms with Gasteiger partial charge in [-0.15, -0.1) is 0 Å². The van der Waals surface area contributed by atoms with Crippen molar-refractivity contribution in [2.75, 3.05) is 6.54 Å². The molecular formula is C31H36F2N2O3. The minimum atomic E-state index is -0.993. The molecule has 0 bridgehead atoms. The predicted molar refractivity (Wildman–Crippen MR) is 144 cm³/mol. The van der Waals surface area contributed by atoms with Crippen LogP contribution in [0, 0.1) is 11.6 Å². The lowest BCUT2D eigenvalue weighted by Gasteiger charge is -2.28. The molecule has 0 heterocycles. The number of carbonyl (C=O) groups is 1. The molecule has 1 aliphatic carbocycles. The van der Waals surface area contributed by atoms with E-state index in [-0.39, 0.29) is 36.4 Å². The van der Waals surface area contributed by atoms with Gasteiger partial charge in [-0.3, -0.25) is 4.79 Å². The van der Waals surface area contributed by atoms with Crippen LogP contribution in [0.4, 0.5) is 8.78 Å². The SMILES string of the molecule is CC(C)(C)Oc1cccc(C2(NC[C@H](O)[C@H](Cc3cc(F)cc(F)c3)NC(=O)Cc3ccccc3)CC2)c1. The van der Waals surface area contributed by atoms with Crippen LogP contribution in [0.25, 0.3) is 0 Å². The minimum absolute atomic E-state index is 0.0833. The zero-order valence-corrected chi connectivity index (χ0v) is 22.1. The van der Waals surface area contributed by atoms with Crippen LogP contribution in [0.5, 0.6) is 5.75 Å². The molecule has 0 radical (unpaired) electrons. The third-order valence-corrected chi connectivity index (χ3v) is 6.61. The van der Waals surface area contributed by atoms with Gasteiger partial charge >= 0.3 is 0 Å². The second-order valence-electron chi connectivity index (χ2n) is 11.1. The van der Waals surface area contributed by atoms with Crippen molar-refractivity contribution in [3.63, 3.8) is 0 Å². The van der Waals surface area contributed by atoms with Crippen molar-refractivity contribution < 1.29 is 23.4 Å². The molecule has 3 aromatic rings. The van der Waals surface area contributed by atoms with E-state index in [4.69, 9.17) is 4.74 Å². The van der Waals surface area contributed by atoms with E-state index in [2.05, 4.69) is 10.6 Å². The summed E-state index contributed by atoms with van der Waals surface area (Å²) in [4.78, 5) is 12.8. The number of aliphatic hydroxyl groups is 1. The molecule has 1 amide bonds. The summed E-state index contributed by atoms with van der Waals surface area (Å²) in [5.74, 6) is -0.888. The molecule has 4 rings (SSSR count). The Labute approximate surface area is 223 Å². The highest BCUT2D eigenvalue weighted by atomic mass is 19.1. The number of aliphatic hydroxyl groups excluding tert-OH is 1. The third kappa shape index (κ3) is 7.85. The lowest BCUT2D eigenvalue weighted by Crippen LogP contribution is -2.50. The fourth-order valence-electron chi connectivity index (χ4n) is 4.65. The maximum atomic E-state index is 13.9. The van der Waals surface area contributed by atoms with Gasteiger partial charge in [-0.2, -0.15) is 0 Å². The molecule has 2 atom stereocenters. The lowest BCUT2D eigenvalue weighted by atomic mass is 9.99. The smallest absolute Gasteiger partial charge is 0.224 e. The van der Waals surface area contributed by atoms with E-state index in [0.717, 1.165) is 35.8 Å². The van der Waals surface area contributed by atoms with Gasteiger partial charge in [0.2, 0.25) is 5.91 Å². The van der Waals surface area contributed by atoms with Gasteiger partial charge in [0.25, 0.3) is 0 Å². The molecule has 1 saturated carbocycles. The largest absolute Gasteiger partial charge is 0.488 e. The number of carbonyl (C=O) groups excluding carboxylic acids is 1. The van der Waals surface area contributed by atoms with E-state index >= 15 is 0 Å². The average molecular weight is 523 g/mol. The summed E-state index contributed by atoms with van der Waals surface area (Å²) >= 11 is 0. The lowest BCUT2D eigenvalue weighted by molar-refractivity contribution is -0.122. The first-order valence-electron chi connectivity index (χ1n) is 13.0. The van der Waals surface area contributed by atoms with E-state index in [1.807, 2.05) is 75.4 Å². The van der Waals surface area contributed by atoms with Gasteiger partial charge in [-0.1, -0.05) is 42.5 Å². The number of benzene rings is 3. The maximum absolute atomic E-state index is 13.9. The van der Waals surface area contributed by atoms with E-state index in [1.165, 1.54) is 12.1 Å². The molecule has 38 heavy (non-hydrogen) atoms. The van der Waals surface area contributed by atoms with Crippen molar-refractivity contribution in [3.05, 3.63) is 101 Å². The van der Waals surface area contributed by atoms with Crippen molar-refractivity contribution >= 4 is 5.91 Å². The van der Waals surface area contributed by atoms with E-state index in [0.29, 0.717) is 5.56 Å². The molecule has 0 spiro atoms. The van der Waals surface area contributed by atoms with Crippen LogP contribution in [-0.4, -0.2) is 35.3 Å². The number of hydrogen-bond donors (Lipinski definition) is 3. The van der Waals surface area contributed by atoms with Gasteiger partial charge < -0.3 is 20.5 Å². The summed E-state index contributed by atoms with van der Waals surface area (Å²) in [5, 5.41) is 17.6. The highest BCUT2D eigenvalue weighted by molar-refractivity contribution is 5.79. The molecule has 0 saturated heterocycles. The highest BCUT2D eigenvalue weighted by Gasteiger charge is 2.44. The molecule has 1 aliphatic rings. The van der Waals surface area contributed by atoms with Crippen molar-refractivity contribution in [1.29, 1.82) is 0 Å². The molecule has 1 fully saturated rings. The van der Waals surface area contributed by atoms with Gasteiger partial charge in [-0.05, 0) is 81.0 Å². The second kappa shape index (κ2) is 11.6. The normalized spacial score (nSPS) is 15.9. The Hall–Kier alpha value is -3.29. The fourth-order valence-corrected chi connectivity index (χ4v) is 4.65. The fraction of sp³-hybridized carbons (Fsp3) is 0.387. The van der Waals surface area contributed by atoms with Crippen molar-refractivity contribution in [2.24, 2.45) is 0 Å². The summed E-state index contributed by atoms with van der Waals surface area (Å²) in [7, 11) is 0. The average Bonchev–Trinajstić information content (AvgIpc) is 3.62. The van der Waals surface area contributed by atoms with Gasteiger partial charge in [0.05, 0.1) is 18.6 Å². The van der Waals surface area contributed by atoms with Crippen molar-refractivity contribution in [3.8, 4) is 5.75 Å². The number of halogens is 2. The van der Waals surface area contributed by atoms with Crippen LogP contribution in [0.15, 0.2) is 72.8 Å². The third-order valence-electron chi connectivity index (χ3n) is 6.61. The Kier molecular flexibility index (Phi) is 8.48. The summed E-state index contributed by atoms with van der Waals surface area (Å²) in [6, 6.07) is 19.7. The van der Waals surface area contributed by atoms with Crippen LogP contribution in [0.3, 0.4) is 0 Å². The van der Waals surface area contributed by atoms with Crippen LogP contribution >= 0.6 is 0 Å². The predicted octanol–water partition coefficient (Wildman–Crippen LogP) is 5.05. The first-order chi connectivity index (χ1) is 18.0. The van der Waals surface area contributed by atoms with Crippen LogP contribution in [0.1, 0.15) is 50.3 Å². The number of amides is 1. The first kappa shape index (κ1) is 27.7. The van der Waals surface area contributed by atoms with Gasteiger partial charge in [0.1, 0.15) is 23.0 Å². The Morgan fingerprint density at radius 1 is 0.974 bits per heavy atom. The van der Waals surface area contributed by atoms with Gasteiger partial charge in [0, 0.05) is 18.2 Å². The van der Waals surface area contributed by atoms with Crippen LogP contribution in [0.2, 0.25) is 0 Å². The zero-order chi connectivity index (χ0) is 27.3. The molecule has 3 aromatic carbocycles. The number of ether oxygens (including phenoxy) is 1. The summed E-state index contributed by atoms with van der Waals surface area (Å²) in [6.45, 7) is 6.19. The Bertz CT molecular complexity index is 1220. The molecule has 7 heteroatoms. The Balaban J connectivity index is 1.46. The second-order valence-corrected chi connectivity index (χ2v) is 11.1. The number of nitrogens with one attached hydrogen (secondary N) is 2. The Morgan fingerprint density at radius 2 is 1.66 bits per heavy atom. The summed E-state index contributed by atoms with van der Waals surface area (Å²) < 4.78 is 33.7. The topological polar surface area (TPSA) is 70.6 Å². The summed E-state index contributed by atoms with van der Waals surface area (Å²) in [5.41, 5.74) is 1.66. The van der Waals surface area contributed by atoms with Gasteiger partial charge in [0.15, 0.2) is 0 Å². The van der Waals surface area contributed by atoms with E-state index in [9.17, 15) is 18.7 Å². The zero-order valence-electron chi connectivity index (χ0n) is 22.1. The molecule has 202 valence electrons.